The number of nitrogens with one attached hydrogen (secondary N) is 1. The lowest BCUT2D eigenvalue weighted by Crippen LogP contribution is -2.41. The Morgan fingerprint density at radius 2 is 2.24 bits per heavy atom. The molecule has 8 heteroatoms. The first-order chi connectivity index (χ1) is 9.76. The molecule has 1 amide bonds. The number of rotatable bonds is 7. The first-order valence-electron chi connectivity index (χ1n) is 6.20. The van der Waals surface area contributed by atoms with Crippen LogP contribution in [0.15, 0.2) is 18.2 Å². The highest BCUT2D eigenvalue weighted by Gasteiger charge is 2.22. The van der Waals surface area contributed by atoms with Crippen LogP contribution in [0.5, 0.6) is 0 Å². The number of benzene rings is 1. The van der Waals surface area contributed by atoms with Crippen LogP contribution in [0.3, 0.4) is 0 Å². The Bertz CT molecular complexity index is 533. The second-order valence-electron chi connectivity index (χ2n) is 4.85. The topological polar surface area (TPSA) is 102 Å². The standard InChI is InChI=1S/C13H17FN2O5/c1-13(18,5-6-21-2)8-15-12(17)9-3-4-11(16(19)20)10(14)7-9/h3-4,7,18H,5-6,8H2,1-2H3,(H,15,17). The van der Waals surface area contributed by atoms with Gasteiger partial charge in [-0.05, 0) is 19.1 Å². The second-order valence-corrected chi connectivity index (χ2v) is 4.85. The molecule has 0 aliphatic heterocycles. The number of nitrogens with zero attached hydrogens (tertiary/aromatic N) is 1. The number of amides is 1. The minimum absolute atomic E-state index is 0.0478. The quantitative estimate of drug-likeness (QED) is 0.583. The number of ether oxygens (including phenoxy) is 1. The maximum absolute atomic E-state index is 13.4. The fourth-order valence-corrected chi connectivity index (χ4v) is 1.58. The predicted molar refractivity (Wildman–Crippen MR) is 72.5 cm³/mol. The maximum Gasteiger partial charge on any atom is 0.304 e. The summed E-state index contributed by atoms with van der Waals surface area (Å²) in [5.74, 6) is -1.71. The summed E-state index contributed by atoms with van der Waals surface area (Å²) < 4.78 is 18.2. The Hall–Kier alpha value is -2.06. The summed E-state index contributed by atoms with van der Waals surface area (Å²) in [5.41, 5.74) is -1.91. The third-order valence-corrected chi connectivity index (χ3v) is 2.88. The Kier molecular flexibility index (Phi) is 5.74. The average Bonchev–Trinajstić information content (AvgIpc) is 2.42. The Morgan fingerprint density at radius 3 is 2.76 bits per heavy atom. The van der Waals surface area contributed by atoms with Crippen molar-refractivity contribution in [3.63, 3.8) is 0 Å². The van der Waals surface area contributed by atoms with Crippen LogP contribution in [0.25, 0.3) is 0 Å². The number of aliphatic hydroxyl groups is 1. The zero-order valence-corrected chi connectivity index (χ0v) is 11.8. The molecule has 1 atom stereocenters. The van der Waals surface area contributed by atoms with E-state index in [2.05, 4.69) is 5.32 Å². The van der Waals surface area contributed by atoms with Crippen molar-refractivity contribution in [1.82, 2.24) is 5.32 Å². The minimum Gasteiger partial charge on any atom is -0.388 e. The van der Waals surface area contributed by atoms with Crippen molar-refractivity contribution in [2.75, 3.05) is 20.3 Å². The minimum atomic E-state index is -1.16. The molecule has 0 fully saturated rings. The fourth-order valence-electron chi connectivity index (χ4n) is 1.58. The number of nitro benzene ring substituents is 1. The van der Waals surface area contributed by atoms with E-state index >= 15 is 0 Å². The van der Waals surface area contributed by atoms with Crippen LogP contribution in [0, 0.1) is 15.9 Å². The lowest BCUT2D eigenvalue weighted by Gasteiger charge is -2.23. The first-order valence-corrected chi connectivity index (χ1v) is 6.20. The molecule has 0 heterocycles. The van der Waals surface area contributed by atoms with E-state index in [1.165, 1.54) is 14.0 Å². The molecule has 0 radical (unpaired) electrons. The molecule has 0 aliphatic carbocycles. The molecule has 1 rings (SSSR count). The molecule has 2 N–H and O–H groups in total. The smallest absolute Gasteiger partial charge is 0.304 e. The SMILES string of the molecule is COCCC(C)(O)CNC(=O)c1ccc([N+](=O)[O-])c(F)c1. The van der Waals surface area contributed by atoms with Gasteiger partial charge in [-0.3, -0.25) is 14.9 Å². The molecule has 0 saturated heterocycles. The van der Waals surface area contributed by atoms with Crippen molar-refractivity contribution in [1.29, 1.82) is 0 Å². The van der Waals surface area contributed by atoms with E-state index in [4.69, 9.17) is 4.74 Å². The van der Waals surface area contributed by atoms with Gasteiger partial charge >= 0.3 is 5.69 Å². The monoisotopic (exact) mass is 300 g/mol. The van der Waals surface area contributed by atoms with Gasteiger partial charge in [0.2, 0.25) is 5.82 Å². The Morgan fingerprint density at radius 1 is 1.57 bits per heavy atom. The van der Waals surface area contributed by atoms with Crippen LogP contribution in [-0.2, 0) is 4.74 Å². The maximum atomic E-state index is 13.4. The summed E-state index contributed by atoms with van der Waals surface area (Å²) >= 11 is 0. The number of nitro groups is 1. The van der Waals surface area contributed by atoms with Crippen molar-refractivity contribution in [3.05, 3.63) is 39.7 Å². The van der Waals surface area contributed by atoms with Crippen LogP contribution in [-0.4, -0.2) is 41.8 Å². The number of halogens is 1. The number of carbonyl (C=O) groups excluding carboxylic acids is 1. The highest BCUT2D eigenvalue weighted by molar-refractivity contribution is 5.94. The summed E-state index contributed by atoms with van der Waals surface area (Å²) in [7, 11) is 1.49. The second kappa shape index (κ2) is 7.09. The van der Waals surface area contributed by atoms with Crippen LogP contribution in [0.2, 0.25) is 0 Å². The van der Waals surface area contributed by atoms with E-state index in [0.717, 1.165) is 18.2 Å². The van der Waals surface area contributed by atoms with Crippen LogP contribution in [0.1, 0.15) is 23.7 Å². The van der Waals surface area contributed by atoms with Gasteiger partial charge in [-0.15, -0.1) is 0 Å². The molecular weight excluding hydrogens is 283 g/mol. The normalized spacial score (nSPS) is 13.5. The first kappa shape index (κ1) is 17.0. The highest BCUT2D eigenvalue weighted by Crippen LogP contribution is 2.18. The van der Waals surface area contributed by atoms with Crippen LogP contribution >= 0.6 is 0 Å². The van der Waals surface area contributed by atoms with Gasteiger partial charge in [-0.2, -0.15) is 4.39 Å². The van der Waals surface area contributed by atoms with E-state index < -0.39 is 27.9 Å². The third-order valence-electron chi connectivity index (χ3n) is 2.88. The van der Waals surface area contributed by atoms with Gasteiger partial charge in [0.25, 0.3) is 5.91 Å². The fraction of sp³-hybridized carbons (Fsp3) is 0.462. The molecule has 1 aromatic carbocycles. The van der Waals surface area contributed by atoms with E-state index in [9.17, 15) is 24.4 Å². The number of hydrogen-bond acceptors (Lipinski definition) is 5. The molecule has 0 aliphatic rings. The average molecular weight is 300 g/mol. The van der Waals surface area contributed by atoms with E-state index in [-0.39, 0.29) is 12.1 Å². The van der Waals surface area contributed by atoms with Gasteiger partial charge in [0.05, 0.1) is 10.5 Å². The van der Waals surface area contributed by atoms with Gasteiger partial charge in [0.15, 0.2) is 0 Å². The van der Waals surface area contributed by atoms with Crippen molar-refractivity contribution in [3.8, 4) is 0 Å². The lowest BCUT2D eigenvalue weighted by molar-refractivity contribution is -0.387. The molecule has 1 unspecified atom stereocenters. The van der Waals surface area contributed by atoms with Gasteiger partial charge < -0.3 is 15.2 Å². The largest absolute Gasteiger partial charge is 0.388 e. The third kappa shape index (κ3) is 5.09. The van der Waals surface area contributed by atoms with Crippen LogP contribution < -0.4 is 5.32 Å². The van der Waals surface area contributed by atoms with Gasteiger partial charge in [0.1, 0.15) is 0 Å². The van der Waals surface area contributed by atoms with E-state index in [0.29, 0.717) is 13.0 Å². The van der Waals surface area contributed by atoms with Gasteiger partial charge in [0, 0.05) is 38.3 Å². The molecule has 0 bridgehead atoms. The summed E-state index contributed by atoms with van der Waals surface area (Å²) in [5, 5.41) is 22.9. The molecule has 7 nitrogen and oxygen atoms in total. The number of methoxy groups -OCH3 is 1. The molecule has 21 heavy (non-hydrogen) atoms. The predicted octanol–water partition coefficient (Wildman–Crippen LogP) is 1.25. The molecular formula is C13H17FN2O5. The van der Waals surface area contributed by atoms with Crippen molar-refractivity contribution < 1.29 is 24.0 Å². The lowest BCUT2D eigenvalue weighted by atomic mass is 10.0. The zero-order valence-electron chi connectivity index (χ0n) is 11.8. The Balaban J connectivity index is 2.68. The van der Waals surface area contributed by atoms with Crippen LogP contribution in [0.4, 0.5) is 10.1 Å². The van der Waals surface area contributed by atoms with Crippen molar-refractivity contribution in [2.24, 2.45) is 0 Å². The molecule has 0 saturated carbocycles. The highest BCUT2D eigenvalue weighted by atomic mass is 19.1. The zero-order chi connectivity index (χ0) is 16.0. The molecule has 116 valence electrons. The van der Waals surface area contributed by atoms with Gasteiger partial charge in [-0.1, -0.05) is 0 Å². The van der Waals surface area contributed by atoms with Gasteiger partial charge in [-0.25, -0.2) is 0 Å². The molecule has 1 aromatic rings. The Labute approximate surface area is 120 Å². The summed E-state index contributed by atoms with van der Waals surface area (Å²) in [6.45, 7) is 1.81. The van der Waals surface area contributed by atoms with E-state index in [1.54, 1.807) is 0 Å². The number of carbonyl (C=O) groups is 1. The number of hydrogen-bond donors (Lipinski definition) is 2. The summed E-state index contributed by atoms with van der Waals surface area (Å²) in [6.07, 6.45) is 0.318. The van der Waals surface area contributed by atoms with Crippen molar-refractivity contribution in [2.45, 2.75) is 18.9 Å². The van der Waals surface area contributed by atoms with E-state index in [1.807, 2.05) is 0 Å². The summed E-state index contributed by atoms with van der Waals surface area (Å²) in [6, 6.07) is 2.87. The molecule has 0 spiro atoms. The summed E-state index contributed by atoms with van der Waals surface area (Å²) in [4.78, 5) is 21.4. The van der Waals surface area contributed by atoms with Crippen molar-refractivity contribution >= 4 is 11.6 Å². The molecule has 0 aromatic heterocycles.